The molecule has 0 aromatic heterocycles. The van der Waals surface area contributed by atoms with Crippen molar-refractivity contribution in [3.63, 3.8) is 0 Å². The first-order valence-corrected chi connectivity index (χ1v) is 7.48. The van der Waals surface area contributed by atoms with Gasteiger partial charge in [0.1, 0.15) is 0 Å². The Bertz CT molecular complexity index is 400. The normalized spacial score (nSPS) is 12.7. The highest BCUT2D eigenvalue weighted by Gasteiger charge is 2.28. The van der Waals surface area contributed by atoms with Crippen LogP contribution in [0.5, 0.6) is 0 Å². The molecular weight excluding hydrogens is 277 g/mol. The number of primary amides is 1. The highest BCUT2D eigenvalue weighted by Crippen LogP contribution is 2.05. The Hall–Kier alpha value is -1.38. The average Bonchev–Trinajstić information content (AvgIpc) is 2.26. The average molecular weight is 297 g/mol. The zero-order chi connectivity index (χ0) is 14.9. The first-order valence-electron chi connectivity index (χ1n) is 6.03. The van der Waals surface area contributed by atoms with Gasteiger partial charge in [0.15, 0.2) is 5.37 Å². The minimum atomic E-state index is -5.07. The van der Waals surface area contributed by atoms with E-state index < -0.39 is 34.0 Å². The fraction of sp³-hybridized carbons (Fsp3) is 0.800. The molecule has 0 heterocycles. The Morgan fingerprint density at radius 1 is 1.26 bits per heavy atom. The van der Waals surface area contributed by atoms with E-state index in [1.165, 1.54) is 0 Å². The van der Waals surface area contributed by atoms with E-state index in [1.54, 1.807) is 0 Å². The molecule has 0 rings (SSSR count). The van der Waals surface area contributed by atoms with Crippen LogP contribution < -0.4 is 16.4 Å². The number of carbonyl (C=O) groups is 2. The fourth-order valence-corrected chi connectivity index (χ4v) is 1.97. The van der Waals surface area contributed by atoms with E-state index in [4.69, 9.17) is 5.73 Å². The summed E-state index contributed by atoms with van der Waals surface area (Å²) in [5.41, 5.74) is 4.78. The Labute approximate surface area is 112 Å². The Balaban J connectivity index is 4.14. The monoisotopic (exact) mass is 297 g/mol. The Morgan fingerprint density at radius 3 is 2.37 bits per heavy atom. The van der Waals surface area contributed by atoms with E-state index in [-0.39, 0.29) is 0 Å². The van der Waals surface area contributed by atoms with E-state index in [0.717, 1.165) is 25.7 Å². The van der Waals surface area contributed by atoms with E-state index >= 15 is 0 Å². The zero-order valence-corrected chi connectivity index (χ0v) is 11.6. The van der Waals surface area contributed by atoms with Gasteiger partial charge in [-0.2, -0.15) is 8.42 Å². The number of hydrogen-bond donors (Lipinski definition) is 3. The Kier molecular flexibility index (Phi) is 8.05. The van der Waals surface area contributed by atoms with Crippen LogP contribution in [-0.2, 0) is 15.0 Å². The lowest BCUT2D eigenvalue weighted by molar-refractivity contribution is -0.118. The third-order valence-electron chi connectivity index (χ3n) is 2.33. The summed E-state index contributed by atoms with van der Waals surface area (Å²) in [7, 11) is -5.07. The van der Waals surface area contributed by atoms with E-state index in [9.17, 15) is 21.9 Å². The maximum atomic E-state index is 12.8. The largest absolute Gasteiger partial charge is 0.370 e. The minimum absolute atomic E-state index is 0.349. The van der Waals surface area contributed by atoms with Gasteiger partial charge in [-0.05, 0) is 6.42 Å². The van der Waals surface area contributed by atoms with Crippen molar-refractivity contribution in [2.45, 2.75) is 44.4 Å². The van der Waals surface area contributed by atoms with Crippen LogP contribution in [0.1, 0.15) is 39.0 Å². The first kappa shape index (κ1) is 17.6. The molecule has 7 nitrogen and oxygen atoms in total. The summed E-state index contributed by atoms with van der Waals surface area (Å²) in [5, 5.41) is 2.31. The van der Waals surface area contributed by atoms with Crippen molar-refractivity contribution in [2.75, 3.05) is 6.54 Å². The van der Waals surface area contributed by atoms with Crippen LogP contribution in [0.3, 0.4) is 0 Å². The molecule has 0 saturated heterocycles. The molecule has 1 atom stereocenters. The summed E-state index contributed by atoms with van der Waals surface area (Å²) in [6.07, 6.45) is 2.95. The number of rotatable bonds is 9. The van der Waals surface area contributed by atoms with Crippen LogP contribution in [0.2, 0.25) is 0 Å². The summed E-state index contributed by atoms with van der Waals surface area (Å²) in [6, 6.07) is -0.844. The second-order valence-corrected chi connectivity index (χ2v) is 5.62. The predicted octanol–water partition coefficient (Wildman–Crippen LogP) is 0.367. The van der Waals surface area contributed by atoms with Crippen LogP contribution in [-0.4, -0.2) is 32.3 Å². The number of halogens is 1. The van der Waals surface area contributed by atoms with Gasteiger partial charge in [-0.15, -0.1) is 3.89 Å². The van der Waals surface area contributed by atoms with Crippen LogP contribution in [0, 0.1) is 0 Å². The third-order valence-corrected chi connectivity index (χ3v) is 3.30. The summed E-state index contributed by atoms with van der Waals surface area (Å²) in [5.74, 6) is -1.02. The smallest absolute Gasteiger partial charge is 0.324 e. The van der Waals surface area contributed by atoms with Gasteiger partial charge in [-0.3, -0.25) is 4.79 Å². The molecule has 0 aliphatic heterocycles. The molecule has 0 fully saturated rings. The lowest BCUT2D eigenvalue weighted by atomic mass is 10.2. The Morgan fingerprint density at radius 2 is 1.89 bits per heavy atom. The SMILES string of the molecule is CCCCCCNC(=O)N[C@H](CC(N)=O)S(=O)(=O)F. The molecule has 0 spiro atoms. The number of carbonyl (C=O) groups excluding carboxylic acids is 2. The van der Waals surface area contributed by atoms with Gasteiger partial charge >= 0.3 is 16.3 Å². The summed E-state index contributed by atoms with van der Waals surface area (Å²) in [6.45, 7) is 2.39. The molecular formula is C10H20FN3O4S. The van der Waals surface area contributed by atoms with Gasteiger partial charge in [0.25, 0.3) is 0 Å². The maximum Gasteiger partial charge on any atom is 0.324 e. The van der Waals surface area contributed by atoms with Crippen LogP contribution in [0.15, 0.2) is 0 Å². The molecule has 19 heavy (non-hydrogen) atoms. The molecule has 0 bridgehead atoms. The maximum absolute atomic E-state index is 12.8. The van der Waals surface area contributed by atoms with E-state index in [0.29, 0.717) is 6.54 Å². The van der Waals surface area contributed by atoms with E-state index in [2.05, 4.69) is 5.32 Å². The highest BCUT2D eigenvalue weighted by atomic mass is 32.3. The number of urea groups is 1. The molecule has 0 radical (unpaired) electrons. The van der Waals surface area contributed by atoms with Gasteiger partial charge in [0.05, 0.1) is 6.42 Å². The molecule has 9 heteroatoms. The quantitative estimate of drug-likeness (QED) is 0.420. The molecule has 0 aromatic rings. The fourth-order valence-electron chi connectivity index (χ4n) is 1.35. The predicted molar refractivity (Wildman–Crippen MR) is 68.3 cm³/mol. The molecule has 0 aromatic carbocycles. The summed E-state index contributed by atoms with van der Waals surface area (Å²) < 4.78 is 34.2. The van der Waals surface area contributed by atoms with Crippen LogP contribution in [0.4, 0.5) is 8.68 Å². The number of amides is 3. The van der Waals surface area contributed by atoms with Crippen molar-refractivity contribution in [1.82, 2.24) is 10.6 Å². The van der Waals surface area contributed by atoms with Gasteiger partial charge in [0, 0.05) is 6.54 Å². The first-order chi connectivity index (χ1) is 8.77. The molecule has 112 valence electrons. The molecule has 0 saturated carbocycles. The molecule has 0 aliphatic carbocycles. The minimum Gasteiger partial charge on any atom is -0.370 e. The van der Waals surface area contributed by atoms with Crippen LogP contribution >= 0.6 is 0 Å². The van der Waals surface area contributed by atoms with Crippen LogP contribution in [0.25, 0.3) is 0 Å². The summed E-state index contributed by atoms with van der Waals surface area (Å²) in [4.78, 5) is 21.9. The molecule has 3 amide bonds. The standard InChI is InChI=1S/C10H20FN3O4S/c1-2-3-4-5-6-13-10(16)14-9(7-8(12)15)19(11,17)18/h9H,2-7H2,1H3,(H2,12,15)(H2,13,14,16)/t9-/m0/s1. The van der Waals surface area contributed by atoms with Gasteiger partial charge in [-0.25, -0.2) is 4.79 Å². The topological polar surface area (TPSA) is 118 Å². The van der Waals surface area contributed by atoms with Crippen molar-refractivity contribution < 1.29 is 21.9 Å². The van der Waals surface area contributed by atoms with Crippen molar-refractivity contribution in [1.29, 1.82) is 0 Å². The second kappa shape index (κ2) is 8.68. The van der Waals surface area contributed by atoms with Gasteiger partial charge in [0.2, 0.25) is 5.91 Å². The van der Waals surface area contributed by atoms with Crippen molar-refractivity contribution in [3.05, 3.63) is 0 Å². The van der Waals surface area contributed by atoms with Crippen molar-refractivity contribution in [2.24, 2.45) is 5.73 Å². The number of hydrogen-bond acceptors (Lipinski definition) is 4. The zero-order valence-electron chi connectivity index (χ0n) is 10.8. The molecule has 0 aliphatic rings. The summed E-state index contributed by atoms with van der Waals surface area (Å²) >= 11 is 0. The highest BCUT2D eigenvalue weighted by molar-refractivity contribution is 7.87. The lowest BCUT2D eigenvalue weighted by Crippen LogP contribution is -2.46. The van der Waals surface area contributed by atoms with Crippen molar-refractivity contribution >= 4 is 22.2 Å². The second-order valence-electron chi connectivity index (χ2n) is 4.10. The molecule has 0 unspecified atom stereocenters. The van der Waals surface area contributed by atoms with Gasteiger partial charge < -0.3 is 16.4 Å². The number of nitrogens with one attached hydrogen (secondary N) is 2. The molecule has 4 N–H and O–H groups in total. The third kappa shape index (κ3) is 9.23. The lowest BCUT2D eigenvalue weighted by Gasteiger charge is -2.13. The van der Waals surface area contributed by atoms with Gasteiger partial charge in [-0.1, -0.05) is 26.2 Å². The van der Waals surface area contributed by atoms with Crippen molar-refractivity contribution in [3.8, 4) is 0 Å². The number of unbranched alkanes of at least 4 members (excludes halogenated alkanes) is 3. The van der Waals surface area contributed by atoms with E-state index in [1.807, 2.05) is 12.2 Å². The number of nitrogens with two attached hydrogens (primary N) is 1.